The first kappa shape index (κ1) is 23.0. The third-order valence-electron chi connectivity index (χ3n) is 3.46. The number of aliphatic hydroxyl groups is 1. The van der Waals surface area contributed by atoms with Crippen molar-refractivity contribution in [1.82, 2.24) is 0 Å². The molecule has 0 aliphatic rings. The fraction of sp³-hybridized carbons (Fsp3) is 0.400. The first-order chi connectivity index (χ1) is 12.7. The summed E-state index contributed by atoms with van der Waals surface area (Å²) in [4.78, 5) is 2.21. The van der Waals surface area contributed by atoms with Crippen molar-refractivity contribution in [3.63, 3.8) is 0 Å². The molecule has 4 nitrogen and oxygen atoms in total. The van der Waals surface area contributed by atoms with Gasteiger partial charge in [0.05, 0.1) is 19.3 Å². The molecule has 0 saturated heterocycles. The van der Waals surface area contributed by atoms with Gasteiger partial charge in [-0.2, -0.15) is 0 Å². The van der Waals surface area contributed by atoms with Crippen LogP contribution >= 0.6 is 24.1 Å². The number of ether oxygens (including phenoxy) is 1. The third kappa shape index (κ3) is 9.62. The van der Waals surface area contributed by atoms with Gasteiger partial charge in [0.2, 0.25) is 0 Å². The molecule has 2 aromatic rings. The molecule has 144 valence electrons. The zero-order chi connectivity index (χ0) is 19.2. The van der Waals surface area contributed by atoms with Crippen LogP contribution in [-0.2, 0) is 13.1 Å². The van der Waals surface area contributed by atoms with Crippen LogP contribution in [0.3, 0.4) is 0 Å². The van der Waals surface area contributed by atoms with Crippen LogP contribution < -0.4 is 0 Å². The van der Waals surface area contributed by atoms with Gasteiger partial charge in [-0.05, 0) is 38.1 Å². The highest BCUT2D eigenvalue weighted by molar-refractivity contribution is 7.94. The molecule has 0 bridgehead atoms. The number of hydrogen-bond donors (Lipinski definition) is 1. The van der Waals surface area contributed by atoms with E-state index in [9.17, 15) is 0 Å². The maximum Gasteiger partial charge on any atom is 0.0881 e. The summed E-state index contributed by atoms with van der Waals surface area (Å²) in [6.07, 6.45) is 0.825. The number of aryl methyl sites for hydroxylation is 2. The standard InChI is InChI=1S/C19H24O3S2.CH4O/c1-15-4-8-18(9-5-15)23-21-13-12-17(20-3)14-22-24-19-10-6-16(2)7-11-19;1-2/h4-11,17H,12-14H2,1-3H3;2H,1H3. The van der Waals surface area contributed by atoms with Crippen molar-refractivity contribution >= 4 is 24.1 Å². The molecule has 26 heavy (non-hydrogen) atoms. The lowest BCUT2D eigenvalue weighted by Crippen LogP contribution is -2.18. The van der Waals surface area contributed by atoms with Crippen molar-refractivity contribution < 1.29 is 18.2 Å². The number of benzene rings is 2. The zero-order valence-electron chi connectivity index (χ0n) is 15.8. The number of aliphatic hydroxyl groups excluding tert-OH is 1. The van der Waals surface area contributed by atoms with Crippen LogP contribution in [0.5, 0.6) is 0 Å². The Kier molecular flexibility index (Phi) is 12.5. The Morgan fingerprint density at radius 3 is 1.73 bits per heavy atom. The van der Waals surface area contributed by atoms with E-state index < -0.39 is 0 Å². The Bertz CT molecular complexity index is 588. The number of methoxy groups -OCH3 is 1. The Balaban J connectivity index is 0.00000163. The highest BCUT2D eigenvalue weighted by atomic mass is 32.2. The maximum atomic E-state index is 7.00. The van der Waals surface area contributed by atoms with Crippen molar-refractivity contribution in [3.8, 4) is 0 Å². The molecular weight excluding hydrogens is 368 g/mol. The Hall–Kier alpha value is -1.02. The summed E-state index contributed by atoms with van der Waals surface area (Å²) in [5, 5.41) is 7.00. The Morgan fingerprint density at radius 2 is 1.27 bits per heavy atom. The van der Waals surface area contributed by atoms with Crippen LogP contribution in [0, 0.1) is 13.8 Å². The van der Waals surface area contributed by atoms with Gasteiger partial charge in [0.15, 0.2) is 0 Å². The molecule has 0 aromatic heterocycles. The summed E-state index contributed by atoms with van der Waals surface area (Å²) in [5.74, 6) is 0. The highest BCUT2D eigenvalue weighted by Gasteiger charge is 2.09. The smallest absolute Gasteiger partial charge is 0.0881 e. The van der Waals surface area contributed by atoms with E-state index in [0.717, 1.165) is 23.3 Å². The highest BCUT2D eigenvalue weighted by Crippen LogP contribution is 2.22. The van der Waals surface area contributed by atoms with E-state index in [4.69, 9.17) is 18.2 Å². The normalized spacial score (nSPS) is 11.6. The van der Waals surface area contributed by atoms with E-state index in [-0.39, 0.29) is 6.10 Å². The number of hydrogen-bond acceptors (Lipinski definition) is 6. The second-order valence-corrected chi connectivity index (χ2v) is 7.29. The van der Waals surface area contributed by atoms with Gasteiger partial charge >= 0.3 is 0 Å². The molecule has 2 aromatic carbocycles. The fourth-order valence-corrected chi connectivity index (χ4v) is 3.09. The van der Waals surface area contributed by atoms with E-state index in [0.29, 0.717) is 13.2 Å². The molecule has 0 radical (unpaired) electrons. The van der Waals surface area contributed by atoms with E-state index in [1.54, 1.807) is 7.11 Å². The molecule has 0 amide bonds. The predicted molar refractivity (Wildman–Crippen MR) is 110 cm³/mol. The predicted octanol–water partition coefficient (Wildman–Crippen LogP) is 5.06. The quantitative estimate of drug-likeness (QED) is 0.447. The lowest BCUT2D eigenvalue weighted by Gasteiger charge is -2.14. The molecule has 0 aliphatic heterocycles. The fourth-order valence-electron chi connectivity index (χ4n) is 1.92. The zero-order valence-corrected chi connectivity index (χ0v) is 17.4. The monoisotopic (exact) mass is 396 g/mol. The molecule has 0 aliphatic carbocycles. The van der Waals surface area contributed by atoms with Gasteiger partial charge in [-0.25, -0.2) is 0 Å². The molecule has 2 rings (SSSR count). The van der Waals surface area contributed by atoms with Gasteiger partial charge < -0.3 is 18.2 Å². The third-order valence-corrected chi connectivity index (χ3v) is 4.93. The molecule has 1 atom stereocenters. The van der Waals surface area contributed by atoms with Crippen molar-refractivity contribution in [2.75, 3.05) is 27.4 Å². The first-order valence-corrected chi connectivity index (χ1v) is 9.85. The van der Waals surface area contributed by atoms with Gasteiger partial charge in [-0.3, -0.25) is 0 Å². The summed E-state index contributed by atoms with van der Waals surface area (Å²) >= 11 is 2.79. The van der Waals surface area contributed by atoms with Crippen LogP contribution in [0.25, 0.3) is 0 Å². The van der Waals surface area contributed by atoms with E-state index in [1.165, 1.54) is 35.2 Å². The Labute approximate surface area is 165 Å². The SMILES string of the molecule is CO.COC(CCOSc1ccc(C)cc1)COSc1ccc(C)cc1. The van der Waals surface area contributed by atoms with Crippen LogP contribution in [-0.4, -0.2) is 38.6 Å². The largest absolute Gasteiger partial charge is 0.400 e. The number of rotatable bonds is 10. The lowest BCUT2D eigenvalue weighted by molar-refractivity contribution is 0.0502. The summed E-state index contributed by atoms with van der Waals surface area (Å²) in [6.45, 7) is 5.31. The van der Waals surface area contributed by atoms with E-state index in [1.807, 2.05) is 0 Å². The van der Waals surface area contributed by atoms with Crippen LogP contribution in [0.4, 0.5) is 0 Å². The molecule has 1 unspecified atom stereocenters. The average Bonchev–Trinajstić information content (AvgIpc) is 2.68. The maximum absolute atomic E-state index is 7.00. The first-order valence-electron chi connectivity index (χ1n) is 8.37. The van der Waals surface area contributed by atoms with Crippen molar-refractivity contribution in [2.45, 2.75) is 36.2 Å². The second-order valence-electron chi connectivity index (χ2n) is 5.55. The molecule has 0 heterocycles. The average molecular weight is 397 g/mol. The molecule has 0 saturated carbocycles. The Morgan fingerprint density at radius 1 is 0.808 bits per heavy atom. The van der Waals surface area contributed by atoms with Gasteiger partial charge in [0, 0.05) is 54.5 Å². The second kappa shape index (κ2) is 14.1. The summed E-state index contributed by atoms with van der Waals surface area (Å²) < 4.78 is 16.8. The lowest BCUT2D eigenvalue weighted by atomic mass is 10.2. The van der Waals surface area contributed by atoms with E-state index in [2.05, 4.69) is 62.4 Å². The molecule has 1 N–H and O–H groups in total. The molecule has 0 spiro atoms. The van der Waals surface area contributed by atoms with E-state index >= 15 is 0 Å². The molecular formula is C20H28O4S2. The van der Waals surface area contributed by atoms with Crippen molar-refractivity contribution in [1.29, 1.82) is 0 Å². The summed E-state index contributed by atoms with van der Waals surface area (Å²) in [6, 6.07) is 16.6. The van der Waals surface area contributed by atoms with Gasteiger partial charge in [0.1, 0.15) is 0 Å². The van der Waals surface area contributed by atoms with Crippen LogP contribution in [0.2, 0.25) is 0 Å². The van der Waals surface area contributed by atoms with Gasteiger partial charge in [-0.1, -0.05) is 35.4 Å². The minimum Gasteiger partial charge on any atom is -0.400 e. The van der Waals surface area contributed by atoms with Crippen LogP contribution in [0.1, 0.15) is 17.5 Å². The minimum absolute atomic E-state index is 0.0292. The minimum atomic E-state index is 0.0292. The molecule has 6 heteroatoms. The van der Waals surface area contributed by atoms with Crippen LogP contribution in [0.15, 0.2) is 58.3 Å². The summed E-state index contributed by atoms with van der Waals surface area (Å²) in [7, 11) is 2.71. The topological polar surface area (TPSA) is 47.9 Å². The summed E-state index contributed by atoms with van der Waals surface area (Å²) in [5.41, 5.74) is 2.50. The molecule has 0 fully saturated rings. The van der Waals surface area contributed by atoms with Crippen molar-refractivity contribution in [3.05, 3.63) is 59.7 Å². The van der Waals surface area contributed by atoms with Gasteiger partial charge in [-0.15, -0.1) is 0 Å². The van der Waals surface area contributed by atoms with Crippen molar-refractivity contribution in [2.24, 2.45) is 0 Å². The van der Waals surface area contributed by atoms with Gasteiger partial charge in [0.25, 0.3) is 0 Å².